The minimum Gasteiger partial charge on any atom is -0.496 e. The molecule has 108 valence electrons. The first kappa shape index (κ1) is 14.4. The molecule has 0 aliphatic carbocycles. The molecule has 0 spiro atoms. The molecule has 0 atom stereocenters. The lowest BCUT2D eigenvalue weighted by molar-refractivity contribution is 0.394. The van der Waals surface area contributed by atoms with Crippen molar-refractivity contribution in [3.8, 4) is 17.0 Å². The summed E-state index contributed by atoms with van der Waals surface area (Å²) in [6.45, 7) is 8.60. The molecule has 4 heteroatoms. The van der Waals surface area contributed by atoms with Gasteiger partial charge in [0.1, 0.15) is 11.6 Å². The highest BCUT2D eigenvalue weighted by molar-refractivity contribution is 5.67. The van der Waals surface area contributed by atoms with Gasteiger partial charge in [0.15, 0.2) is 0 Å². The van der Waals surface area contributed by atoms with Crippen molar-refractivity contribution in [3.05, 3.63) is 29.3 Å². The fourth-order valence-electron chi connectivity index (χ4n) is 2.37. The van der Waals surface area contributed by atoms with Crippen molar-refractivity contribution in [3.63, 3.8) is 0 Å². The molecule has 0 unspecified atom stereocenters. The molecule has 0 saturated heterocycles. The van der Waals surface area contributed by atoms with Crippen molar-refractivity contribution in [1.82, 2.24) is 9.78 Å². The fourth-order valence-corrected chi connectivity index (χ4v) is 2.37. The van der Waals surface area contributed by atoms with Crippen molar-refractivity contribution in [1.29, 1.82) is 0 Å². The van der Waals surface area contributed by atoms with Crippen molar-refractivity contribution in [2.75, 3.05) is 12.8 Å². The van der Waals surface area contributed by atoms with Gasteiger partial charge in [0.2, 0.25) is 0 Å². The highest BCUT2D eigenvalue weighted by Gasteiger charge is 2.22. The van der Waals surface area contributed by atoms with Gasteiger partial charge in [-0.3, -0.25) is 4.68 Å². The number of methoxy groups -OCH3 is 1. The topological polar surface area (TPSA) is 53.1 Å². The van der Waals surface area contributed by atoms with Gasteiger partial charge in [-0.25, -0.2) is 0 Å². The summed E-state index contributed by atoms with van der Waals surface area (Å²) in [5.74, 6) is 1.61. The van der Waals surface area contributed by atoms with Crippen molar-refractivity contribution in [2.45, 2.75) is 33.1 Å². The molecule has 0 radical (unpaired) electrons. The highest BCUT2D eigenvalue weighted by Crippen LogP contribution is 2.37. The molecule has 2 N–H and O–H groups in total. The Morgan fingerprint density at radius 2 is 1.85 bits per heavy atom. The largest absolute Gasteiger partial charge is 0.496 e. The number of anilines is 1. The Labute approximate surface area is 120 Å². The standard InChI is InChI=1S/C16H23N3O/c1-10-7-11(13-9-14(17)19(5)18-13)8-12(15(10)20-6)16(2,3)4/h7-9H,17H2,1-6H3. The maximum absolute atomic E-state index is 5.87. The first-order valence-electron chi connectivity index (χ1n) is 6.73. The molecule has 2 aromatic rings. The van der Waals surface area contributed by atoms with E-state index in [-0.39, 0.29) is 5.41 Å². The van der Waals surface area contributed by atoms with Crippen LogP contribution in [0.5, 0.6) is 5.75 Å². The van der Waals surface area contributed by atoms with Crippen LogP contribution in [0.4, 0.5) is 5.82 Å². The van der Waals surface area contributed by atoms with E-state index in [2.05, 4.69) is 44.9 Å². The summed E-state index contributed by atoms with van der Waals surface area (Å²) in [6.07, 6.45) is 0. The smallest absolute Gasteiger partial charge is 0.125 e. The summed E-state index contributed by atoms with van der Waals surface area (Å²) in [5, 5.41) is 4.45. The number of ether oxygens (including phenoxy) is 1. The van der Waals surface area contributed by atoms with Crippen LogP contribution >= 0.6 is 0 Å². The first-order valence-corrected chi connectivity index (χ1v) is 6.73. The SMILES string of the molecule is COc1c(C)cc(-c2cc(N)n(C)n2)cc1C(C)(C)C. The Hall–Kier alpha value is -1.97. The van der Waals surface area contributed by atoms with Gasteiger partial charge in [0.05, 0.1) is 12.8 Å². The van der Waals surface area contributed by atoms with Crippen LogP contribution in [0.1, 0.15) is 31.9 Å². The number of aryl methyl sites for hydroxylation is 2. The summed E-state index contributed by atoms with van der Waals surface area (Å²) in [7, 11) is 3.57. The van der Waals surface area contributed by atoms with E-state index in [0.717, 1.165) is 22.6 Å². The molecular weight excluding hydrogens is 250 g/mol. The Morgan fingerprint density at radius 3 is 2.30 bits per heavy atom. The zero-order valence-electron chi connectivity index (χ0n) is 13.1. The fraction of sp³-hybridized carbons (Fsp3) is 0.438. The van der Waals surface area contributed by atoms with E-state index in [1.165, 1.54) is 5.56 Å². The van der Waals surface area contributed by atoms with Crippen LogP contribution in [0.25, 0.3) is 11.3 Å². The second kappa shape index (κ2) is 4.85. The second-order valence-corrected chi connectivity index (χ2v) is 6.20. The van der Waals surface area contributed by atoms with Crippen LogP contribution in [0.3, 0.4) is 0 Å². The number of nitrogens with zero attached hydrogens (tertiary/aromatic N) is 2. The predicted molar refractivity (Wildman–Crippen MR) is 83.0 cm³/mol. The molecule has 20 heavy (non-hydrogen) atoms. The van der Waals surface area contributed by atoms with Gasteiger partial charge in [-0.2, -0.15) is 5.10 Å². The number of nitrogens with two attached hydrogens (primary N) is 1. The molecule has 4 nitrogen and oxygen atoms in total. The summed E-state index contributed by atoms with van der Waals surface area (Å²) in [6, 6.07) is 6.14. The lowest BCUT2D eigenvalue weighted by Gasteiger charge is -2.24. The van der Waals surface area contributed by atoms with E-state index < -0.39 is 0 Å². The Morgan fingerprint density at radius 1 is 1.20 bits per heavy atom. The van der Waals surface area contributed by atoms with Crippen LogP contribution in [-0.4, -0.2) is 16.9 Å². The van der Waals surface area contributed by atoms with E-state index >= 15 is 0 Å². The first-order chi connectivity index (χ1) is 9.24. The van der Waals surface area contributed by atoms with Crippen LogP contribution < -0.4 is 10.5 Å². The summed E-state index contributed by atoms with van der Waals surface area (Å²) in [4.78, 5) is 0. The zero-order chi connectivity index (χ0) is 15.1. The summed E-state index contributed by atoms with van der Waals surface area (Å²) >= 11 is 0. The minimum atomic E-state index is 0.00639. The lowest BCUT2D eigenvalue weighted by Crippen LogP contribution is -2.13. The van der Waals surface area contributed by atoms with Crippen molar-refractivity contribution < 1.29 is 4.74 Å². The number of hydrogen-bond donors (Lipinski definition) is 1. The Bertz CT molecular complexity index is 616. The number of rotatable bonds is 2. The quantitative estimate of drug-likeness (QED) is 0.913. The Kier molecular flexibility index (Phi) is 3.50. The van der Waals surface area contributed by atoms with Gasteiger partial charge in [0.25, 0.3) is 0 Å². The number of benzene rings is 1. The molecule has 0 saturated carbocycles. The molecule has 0 bridgehead atoms. The third-order valence-electron chi connectivity index (χ3n) is 3.50. The zero-order valence-corrected chi connectivity index (χ0v) is 13.1. The second-order valence-electron chi connectivity index (χ2n) is 6.20. The maximum atomic E-state index is 5.87. The molecule has 1 aromatic carbocycles. The Balaban J connectivity index is 2.65. The number of hydrogen-bond acceptors (Lipinski definition) is 3. The predicted octanol–water partition coefficient (Wildman–Crippen LogP) is 3.28. The lowest BCUT2D eigenvalue weighted by atomic mass is 9.84. The number of nitrogen functional groups attached to an aromatic ring is 1. The normalized spacial score (nSPS) is 11.7. The molecule has 2 rings (SSSR count). The molecule has 0 aliphatic heterocycles. The molecule has 0 fully saturated rings. The third-order valence-corrected chi connectivity index (χ3v) is 3.50. The van der Waals surface area contributed by atoms with Crippen LogP contribution in [-0.2, 0) is 12.5 Å². The summed E-state index contributed by atoms with van der Waals surface area (Å²) in [5.41, 5.74) is 10.1. The van der Waals surface area contributed by atoms with Crippen molar-refractivity contribution in [2.24, 2.45) is 7.05 Å². The third kappa shape index (κ3) is 2.50. The van der Waals surface area contributed by atoms with E-state index in [1.54, 1.807) is 11.8 Å². The molecular formula is C16H23N3O. The van der Waals surface area contributed by atoms with Gasteiger partial charge in [-0.05, 0) is 30.0 Å². The summed E-state index contributed by atoms with van der Waals surface area (Å²) < 4.78 is 7.26. The van der Waals surface area contributed by atoms with Gasteiger partial charge < -0.3 is 10.5 Å². The maximum Gasteiger partial charge on any atom is 0.125 e. The minimum absolute atomic E-state index is 0.00639. The van der Waals surface area contributed by atoms with E-state index in [4.69, 9.17) is 10.5 Å². The average Bonchev–Trinajstić information content (AvgIpc) is 2.67. The van der Waals surface area contributed by atoms with E-state index in [9.17, 15) is 0 Å². The number of aromatic nitrogens is 2. The molecule has 0 amide bonds. The van der Waals surface area contributed by atoms with Crippen LogP contribution in [0.15, 0.2) is 18.2 Å². The van der Waals surface area contributed by atoms with Gasteiger partial charge in [-0.15, -0.1) is 0 Å². The monoisotopic (exact) mass is 273 g/mol. The van der Waals surface area contributed by atoms with E-state index in [0.29, 0.717) is 5.82 Å². The molecule has 0 aliphatic rings. The van der Waals surface area contributed by atoms with Gasteiger partial charge in [-0.1, -0.05) is 20.8 Å². The van der Waals surface area contributed by atoms with Gasteiger partial charge >= 0.3 is 0 Å². The molecule has 1 aromatic heterocycles. The van der Waals surface area contributed by atoms with Crippen LogP contribution in [0, 0.1) is 6.92 Å². The van der Waals surface area contributed by atoms with Crippen molar-refractivity contribution >= 4 is 5.82 Å². The average molecular weight is 273 g/mol. The van der Waals surface area contributed by atoms with Gasteiger partial charge in [0, 0.05) is 24.2 Å². The molecule has 1 heterocycles. The highest BCUT2D eigenvalue weighted by atomic mass is 16.5. The van der Waals surface area contributed by atoms with Crippen LogP contribution in [0.2, 0.25) is 0 Å². The van der Waals surface area contributed by atoms with E-state index in [1.807, 2.05) is 13.1 Å².